The van der Waals surface area contributed by atoms with Gasteiger partial charge in [-0.2, -0.15) is 10.4 Å². The second-order valence-electron chi connectivity index (χ2n) is 5.80. The highest BCUT2D eigenvalue weighted by Crippen LogP contribution is 2.16. The van der Waals surface area contributed by atoms with Crippen molar-refractivity contribution in [1.29, 1.82) is 5.26 Å². The molecule has 0 saturated carbocycles. The molecule has 0 atom stereocenters. The first-order valence-electron chi connectivity index (χ1n) is 8.44. The van der Waals surface area contributed by atoms with Crippen LogP contribution in [-0.4, -0.2) is 28.2 Å². The van der Waals surface area contributed by atoms with Crippen LogP contribution < -0.4 is 15.6 Å². The van der Waals surface area contributed by atoms with Gasteiger partial charge in [-0.25, -0.2) is 4.68 Å². The van der Waals surface area contributed by atoms with Crippen molar-refractivity contribution >= 4 is 11.8 Å². The summed E-state index contributed by atoms with van der Waals surface area (Å²) in [4.78, 5) is 23.8. The van der Waals surface area contributed by atoms with E-state index in [4.69, 9.17) is 10.00 Å². The molecule has 0 spiro atoms. The van der Waals surface area contributed by atoms with Crippen molar-refractivity contribution in [2.75, 3.05) is 6.61 Å². The van der Waals surface area contributed by atoms with Gasteiger partial charge in [0.05, 0.1) is 23.9 Å². The maximum atomic E-state index is 12.0. The molecule has 0 unspecified atom stereocenters. The van der Waals surface area contributed by atoms with E-state index >= 15 is 0 Å². The predicted molar refractivity (Wildman–Crippen MR) is 100 cm³/mol. The highest BCUT2D eigenvalue weighted by Gasteiger charge is 2.10. The summed E-state index contributed by atoms with van der Waals surface area (Å²) < 4.78 is 6.96. The number of nitrogens with zero attached hydrogens (tertiary/aromatic N) is 3. The molecule has 1 aromatic heterocycles. The number of hydrogen-bond acceptors (Lipinski definition) is 5. The lowest BCUT2D eigenvalue weighted by molar-refractivity contribution is -0.129. The number of amides is 2. The number of aromatic nitrogens is 2. The average molecular weight is 375 g/mol. The SMILES string of the molecule is N#Cc1ccccc1OCC(=O)NNC(=O)Cc1cnn(-c2ccccc2)c1. The standard InChI is InChI=1S/C20H17N5O3/c21-11-16-6-4-5-9-18(16)28-14-20(27)24-23-19(26)10-15-12-22-25(13-15)17-7-2-1-3-8-17/h1-9,12-13H,10,14H2,(H,23,26)(H,24,27). The van der Waals surface area contributed by atoms with Crippen molar-refractivity contribution < 1.29 is 14.3 Å². The van der Waals surface area contributed by atoms with Crippen molar-refractivity contribution in [3.05, 3.63) is 78.1 Å². The molecule has 28 heavy (non-hydrogen) atoms. The van der Waals surface area contributed by atoms with Crippen molar-refractivity contribution in [3.63, 3.8) is 0 Å². The molecule has 0 aliphatic rings. The molecule has 0 radical (unpaired) electrons. The smallest absolute Gasteiger partial charge is 0.276 e. The minimum absolute atomic E-state index is 0.0608. The molecular formula is C20H17N5O3. The molecule has 0 saturated heterocycles. The first-order chi connectivity index (χ1) is 13.7. The van der Waals surface area contributed by atoms with Crippen LogP contribution in [0.2, 0.25) is 0 Å². The number of nitrogens with one attached hydrogen (secondary N) is 2. The summed E-state index contributed by atoms with van der Waals surface area (Å²) in [6.07, 6.45) is 3.40. The Kier molecular flexibility index (Phi) is 6.00. The Labute approximate surface area is 161 Å². The fourth-order valence-electron chi connectivity index (χ4n) is 2.41. The zero-order valence-electron chi connectivity index (χ0n) is 14.8. The van der Waals surface area contributed by atoms with Gasteiger partial charge >= 0.3 is 0 Å². The van der Waals surface area contributed by atoms with E-state index in [0.29, 0.717) is 16.9 Å². The molecule has 140 valence electrons. The van der Waals surface area contributed by atoms with Crippen molar-refractivity contribution in [2.24, 2.45) is 0 Å². The normalized spacial score (nSPS) is 9.96. The lowest BCUT2D eigenvalue weighted by Crippen LogP contribution is -2.44. The van der Waals surface area contributed by atoms with Gasteiger partial charge in [0.15, 0.2) is 6.61 Å². The number of ether oxygens (including phenoxy) is 1. The molecule has 2 aromatic carbocycles. The van der Waals surface area contributed by atoms with Crippen LogP contribution >= 0.6 is 0 Å². The van der Waals surface area contributed by atoms with Crippen LogP contribution in [-0.2, 0) is 16.0 Å². The molecule has 2 N–H and O–H groups in total. The van der Waals surface area contributed by atoms with E-state index in [1.54, 1.807) is 41.3 Å². The van der Waals surface area contributed by atoms with E-state index in [0.717, 1.165) is 5.69 Å². The van der Waals surface area contributed by atoms with Crippen LogP contribution in [0.1, 0.15) is 11.1 Å². The lowest BCUT2D eigenvalue weighted by atomic mass is 10.2. The maximum absolute atomic E-state index is 12.0. The summed E-state index contributed by atoms with van der Waals surface area (Å²) in [6.45, 7) is -0.328. The summed E-state index contributed by atoms with van der Waals surface area (Å²) in [7, 11) is 0. The summed E-state index contributed by atoms with van der Waals surface area (Å²) >= 11 is 0. The van der Waals surface area contributed by atoms with Crippen LogP contribution in [0.25, 0.3) is 5.69 Å². The highest BCUT2D eigenvalue weighted by atomic mass is 16.5. The minimum Gasteiger partial charge on any atom is -0.482 e. The average Bonchev–Trinajstić information content (AvgIpc) is 3.20. The van der Waals surface area contributed by atoms with Crippen LogP contribution in [0, 0.1) is 11.3 Å². The predicted octanol–water partition coefficient (Wildman–Crippen LogP) is 1.51. The van der Waals surface area contributed by atoms with E-state index < -0.39 is 11.8 Å². The third kappa shape index (κ3) is 4.95. The highest BCUT2D eigenvalue weighted by molar-refractivity contribution is 5.83. The van der Waals surface area contributed by atoms with Crippen LogP contribution in [0.3, 0.4) is 0 Å². The maximum Gasteiger partial charge on any atom is 0.276 e. The quantitative estimate of drug-likeness (QED) is 0.635. The second-order valence-corrected chi connectivity index (χ2v) is 5.80. The Bertz CT molecular complexity index is 1010. The van der Waals surface area contributed by atoms with E-state index in [9.17, 15) is 9.59 Å². The molecule has 3 rings (SSSR count). The van der Waals surface area contributed by atoms with Crippen LogP contribution in [0.5, 0.6) is 5.75 Å². The lowest BCUT2D eigenvalue weighted by Gasteiger charge is -2.09. The Hall–Kier alpha value is -4.12. The number of carbonyl (C=O) groups excluding carboxylic acids is 2. The number of carbonyl (C=O) groups is 2. The van der Waals surface area contributed by atoms with Crippen LogP contribution in [0.15, 0.2) is 67.0 Å². The molecule has 3 aromatic rings. The molecule has 0 aliphatic carbocycles. The van der Waals surface area contributed by atoms with Gasteiger partial charge in [-0.1, -0.05) is 30.3 Å². The van der Waals surface area contributed by atoms with Gasteiger partial charge in [0.2, 0.25) is 5.91 Å². The molecule has 8 nitrogen and oxygen atoms in total. The molecule has 1 heterocycles. The molecule has 0 bridgehead atoms. The van der Waals surface area contributed by atoms with Gasteiger partial charge in [-0.05, 0) is 29.8 Å². The molecular weight excluding hydrogens is 358 g/mol. The zero-order valence-corrected chi connectivity index (χ0v) is 14.8. The minimum atomic E-state index is -0.541. The first kappa shape index (κ1) is 18.7. The number of rotatable bonds is 6. The summed E-state index contributed by atoms with van der Waals surface area (Å²) in [5.41, 5.74) is 6.52. The van der Waals surface area contributed by atoms with Gasteiger partial charge in [-0.3, -0.25) is 20.4 Å². The third-order valence-electron chi connectivity index (χ3n) is 3.73. The molecule has 8 heteroatoms. The van der Waals surface area contributed by atoms with Gasteiger partial charge in [0.1, 0.15) is 11.8 Å². The number of hydrogen-bond donors (Lipinski definition) is 2. The Morgan fingerprint density at radius 1 is 1.04 bits per heavy atom. The number of para-hydroxylation sites is 2. The monoisotopic (exact) mass is 375 g/mol. The molecule has 2 amide bonds. The summed E-state index contributed by atoms with van der Waals surface area (Å²) in [5, 5.41) is 13.2. The van der Waals surface area contributed by atoms with E-state index in [1.807, 2.05) is 36.4 Å². The van der Waals surface area contributed by atoms with Crippen LogP contribution in [0.4, 0.5) is 0 Å². The van der Waals surface area contributed by atoms with E-state index in [1.165, 1.54) is 0 Å². The largest absolute Gasteiger partial charge is 0.482 e. The third-order valence-corrected chi connectivity index (χ3v) is 3.73. The van der Waals surface area contributed by atoms with Crippen molar-refractivity contribution in [3.8, 4) is 17.5 Å². The first-order valence-corrected chi connectivity index (χ1v) is 8.44. The Morgan fingerprint density at radius 2 is 1.75 bits per heavy atom. The number of hydrazine groups is 1. The molecule has 0 fully saturated rings. The van der Waals surface area contributed by atoms with Gasteiger partial charge in [-0.15, -0.1) is 0 Å². The van der Waals surface area contributed by atoms with Crippen molar-refractivity contribution in [2.45, 2.75) is 6.42 Å². The number of nitriles is 1. The van der Waals surface area contributed by atoms with E-state index in [2.05, 4.69) is 16.0 Å². The fourth-order valence-corrected chi connectivity index (χ4v) is 2.41. The fraction of sp³-hybridized carbons (Fsp3) is 0.100. The van der Waals surface area contributed by atoms with Gasteiger partial charge in [0.25, 0.3) is 5.91 Å². The second kappa shape index (κ2) is 9.00. The zero-order chi connectivity index (χ0) is 19.8. The topological polar surface area (TPSA) is 109 Å². The van der Waals surface area contributed by atoms with Crippen molar-refractivity contribution in [1.82, 2.24) is 20.6 Å². The Balaban J connectivity index is 1.45. The molecule has 0 aliphatic heterocycles. The summed E-state index contributed by atoms with van der Waals surface area (Å²) in [6, 6.07) is 18.1. The van der Waals surface area contributed by atoms with E-state index in [-0.39, 0.29) is 13.0 Å². The Morgan fingerprint density at radius 3 is 2.54 bits per heavy atom. The summed E-state index contributed by atoms with van der Waals surface area (Å²) in [5.74, 6) is -0.626. The van der Waals surface area contributed by atoms with Gasteiger partial charge in [0, 0.05) is 6.20 Å². The number of benzene rings is 2. The van der Waals surface area contributed by atoms with Gasteiger partial charge < -0.3 is 4.74 Å².